The Kier molecular flexibility index (Phi) is 4.60. The maximum absolute atomic E-state index is 12.5. The van der Waals surface area contributed by atoms with Crippen LogP contribution in [0.5, 0.6) is 0 Å². The van der Waals surface area contributed by atoms with Crippen LogP contribution in [0.4, 0.5) is 0 Å². The summed E-state index contributed by atoms with van der Waals surface area (Å²) in [6.07, 6.45) is 0. The quantitative estimate of drug-likeness (QED) is 0.799. The Balaban J connectivity index is 3.00. The van der Waals surface area contributed by atoms with Gasteiger partial charge in [0.05, 0.1) is 5.56 Å². The van der Waals surface area contributed by atoms with E-state index in [1.165, 1.54) is 0 Å². The van der Waals surface area contributed by atoms with Gasteiger partial charge >= 0.3 is 0 Å². The van der Waals surface area contributed by atoms with Gasteiger partial charge in [0, 0.05) is 17.6 Å². The molecule has 0 aromatic heterocycles. The zero-order valence-electron chi connectivity index (χ0n) is 12.0. The highest BCUT2D eigenvalue weighted by Crippen LogP contribution is 2.26. The van der Waals surface area contributed by atoms with Crippen molar-refractivity contribution in [1.82, 2.24) is 4.90 Å². The molecule has 1 amide bonds. The minimum atomic E-state index is 0.0595. The SMILES string of the molecule is Cc1ccc(C(=O)N(C)C(C)C(C)(C)C)c(Br)c1. The Hall–Kier alpha value is -0.830. The fourth-order valence-electron chi connectivity index (χ4n) is 1.74. The second-order valence-corrected chi connectivity index (χ2v) is 6.80. The highest BCUT2D eigenvalue weighted by molar-refractivity contribution is 9.10. The number of hydrogen-bond donors (Lipinski definition) is 0. The van der Waals surface area contributed by atoms with E-state index in [0.29, 0.717) is 0 Å². The third-order valence-corrected chi connectivity index (χ3v) is 4.17. The molecule has 0 N–H and O–H groups in total. The molecular formula is C15H22BrNO. The molecule has 0 saturated heterocycles. The summed E-state index contributed by atoms with van der Waals surface area (Å²) in [6, 6.07) is 6.00. The van der Waals surface area contributed by atoms with E-state index >= 15 is 0 Å². The Morgan fingerprint density at radius 2 is 1.89 bits per heavy atom. The van der Waals surface area contributed by atoms with E-state index < -0.39 is 0 Å². The van der Waals surface area contributed by atoms with E-state index in [1.807, 2.05) is 37.1 Å². The van der Waals surface area contributed by atoms with Crippen LogP contribution in [0.1, 0.15) is 43.6 Å². The molecular weight excluding hydrogens is 290 g/mol. The first-order valence-electron chi connectivity index (χ1n) is 6.18. The summed E-state index contributed by atoms with van der Waals surface area (Å²) in [7, 11) is 1.87. The van der Waals surface area contributed by atoms with Crippen LogP contribution in [-0.4, -0.2) is 23.9 Å². The van der Waals surface area contributed by atoms with Gasteiger partial charge in [-0.2, -0.15) is 0 Å². The van der Waals surface area contributed by atoms with E-state index in [9.17, 15) is 4.79 Å². The maximum Gasteiger partial charge on any atom is 0.254 e. The normalized spacial score (nSPS) is 13.3. The van der Waals surface area contributed by atoms with Crippen LogP contribution in [0.15, 0.2) is 22.7 Å². The number of hydrogen-bond acceptors (Lipinski definition) is 1. The summed E-state index contributed by atoms with van der Waals surface area (Å²) in [5.74, 6) is 0.0595. The summed E-state index contributed by atoms with van der Waals surface area (Å²) in [6.45, 7) is 10.5. The number of aryl methyl sites for hydroxylation is 1. The van der Waals surface area contributed by atoms with Crippen LogP contribution in [-0.2, 0) is 0 Å². The van der Waals surface area contributed by atoms with E-state index in [2.05, 4.69) is 43.6 Å². The average molecular weight is 312 g/mol. The number of benzene rings is 1. The monoisotopic (exact) mass is 311 g/mol. The van der Waals surface area contributed by atoms with Gasteiger partial charge < -0.3 is 4.90 Å². The van der Waals surface area contributed by atoms with Crippen LogP contribution in [0.25, 0.3) is 0 Å². The van der Waals surface area contributed by atoms with Gasteiger partial charge in [-0.3, -0.25) is 4.79 Å². The zero-order valence-corrected chi connectivity index (χ0v) is 13.6. The van der Waals surface area contributed by atoms with Crippen LogP contribution in [0.3, 0.4) is 0 Å². The maximum atomic E-state index is 12.5. The van der Waals surface area contributed by atoms with Crippen molar-refractivity contribution < 1.29 is 4.79 Å². The number of halogens is 1. The fourth-order valence-corrected chi connectivity index (χ4v) is 2.40. The number of nitrogens with zero attached hydrogens (tertiary/aromatic N) is 1. The first-order chi connectivity index (χ1) is 8.14. The number of amides is 1. The molecule has 1 aromatic carbocycles. The molecule has 0 aliphatic rings. The van der Waals surface area contributed by atoms with Gasteiger partial charge in [0.25, 0.3) is 5.91 Å². The van der Waals surface area contributed by atoms with Gasteiger partial charge in [-0.25, -0.2) is 0 Å². The Morgan fingerprint density at radius 3 is 2.33 bits per heavy atom. The highest BCUT2D eigenvalue weighted by atomic mass is 79.9. The minimum Gasteiger partial charge on any atom is -0.338 e. The molecule has 0 aliphatic carbocycles. The van der Waals surface area contributed by atoms with Gasteiger partial charge in [-0.15, -0.1) is 0 Å². The third-order valence-electron chi connectivity index (χ3n) is 3.51. The van der Waals surface area contributed by atoms with Crippen molar-refractivity contribution in [1.29, 1.82) is 0 Å². The molecule has 0 saturated carbocycles. The molecule has 0 spiro atoms. The molecule has 1 aromatic rings. The summed E-state index contributed by atoms with van der Waals surface area (Å²) in [5, 5.41) is 0. The predicted molar refractivity (Wildman–Crippen MR) is 79.9 cm³/mol. The lowest BCUT2D eigenvalue weighted by atomic mass is 9.87. The molecule has 100 valence electrons. The van der Waals surface area contributed by atoms with E-state index in [-0.39, 0.29) is 17.4 Å². The molecule has 0 fully saturated rings. The topological polar surface area (TPSA) is 20.3 Å². The summed E-state index contributed by atoms with van der Waals surface area (Å²) in [5.41, 5.74) is 1.94. The van der Waals surface area contributed by atoms with Crippen LogP contribution >= 0.6 is 15.9 Å². The van der Waals surface area contributed by atoms with Crippen LogP contribution < -0.4 is 0 Å². The molecule has 0 radical (unpaired) electrons. The summed E-state index contributed by atoms with van der Waals surface area (Å²) in [4.78, 5) is 14.3. The van der Waals surface area contributed by atoms with Crippen molar-refractivity contribution in [2.24, 2.45) is 5.41 Å². The Labute approximate surface area is 119 Å². The molecule has 0 heterocycles. The molecule has 2 nitrogen and oxygen atoms in total. The largest absolute Gasteiger partial charge is 0.338 e. The second-order valence-electron chi connectivity index (χ2n) is 5.94. The van der Waals surface area contributed by atoms with Crippen molar-refractivity contribution in [2.45, 2.75) is 40.7 Å². The van der Waals surface area contributed by atoms with Gasteiger partial charge in [0.1, 0.15) is 0 Å². The minimum absolute atomic E-state index is 0.0595. The van der Waals surface area contributed by atoms with Crippen molar-refractivity contribution in [3.63, 3.8) is 0 Å². The zero-order chi connectivity index (χ0) is 14.1. The van der Waals surface area contributed by atoms with E-state index in [4.69, 9.17) is 0 Å². The summed E-state index contributed by atoms with van der Waals surface area (Å²) < 4.78 is 0.862. The highest BCUT2D eigenvalue weighted by Gasteiger charge is 2.28. The number of carbonyl (C=O) groups excluding carboxylic acids is 1. The first kappa shape index (κ1) is 15.2. The Bertz CT molecular complexity index is 448. The lowest BCUT2D eigenvalue weighted by molar-refractivity contribution is 0.0628. The predicted octanol–water partition coefficient (Wildman–Crippen LogP) is 4.26. The average Bonchev–Trinajstić information content (AvgIpc) is 2.25. The first-order valence-corrected chi connectivity index (χ1v) is 6.97. The van der Waals surface area contributed by atoms with Gasteiger partial charge in [-0.05, 0) is 52.9 Å². The van der Waals surface area contributed by atoms with Crippen molar-refractivity contribution in [3.8, 4) is 0 Å². The standard InChI is InChI=1S/C15H22BrNO/c1-10-7-8-12(13(16)9-10)14(18)17(6)11(2)15(3,4)5/h7-9,11H,1-6H3. The van der Waals surface area contributed by atoms with Gasteiger partial charge in [0.2, 0.25) is 0 Å². The molecule has 3 heteroatoms. The summed E-state index contributed by atoms with van der Waals surface area (Å²) >= 11 is 3.47. The van der Waals surface area contributed by atoms with Crippen molar-refractivity contribution in [2.75, 3.05) is 7.05 Å². The second kappa shape index (κ2) is 5.43. The molecule has 0 bridgehead atoms. The molecule has 1 atom stereocenters. The van der Waals surface area contributed by atoms with Crippen molar-refractivity contribution in [3.05, 3.63) is 33.8 Å². The number of carbonyl (C=O) groups is 1. The van der Waals surface area contributed by atoms with Crippen LogP contribution in [0, 0.1) is 12.3 Å². The van der Waals surface area contributed by atoms with E-state index in [1.54, 1.807) is 0 Å². The van der Waals surface area contributed by atoms with Crippen molar-refractivity contribution >= 4 is 21.8 Å². The molecule has 1 unspecified atom stereocenters. The van der Waals surface area contributed by atoms with Crippen LogP contribution in [0.2, 0.25) is 0 Å². The lowest BCUT2D eigenvalue weighted by Crippen LogP contribution is -2.43. The Morgan fingerprint density at radius 1 is 1.33 bits per heavy atom. The lowest BCUT2D eigenvalue weighted by Gasteiger charge is -2.35. The molecule has 0 aliphatic heterocycles. The van der Waals surface area contributed by atoms with Gasteiger partial charge in [-0.1, -0.05) is 26.8 Å². The molecule has 18 heavy (non-hydrogen) atoms. The van der Waals surface area contributed by atoms with Gasteiger partial charge in [0.15, 0.2) is 0 Å². The smallest absolute Gasteiger partial charge is 0.254 e. The van der Waals surface area contributed by atoms with E-state index in [0.717, 1.165) is 15.6 Å². The number of rotatable bonds is 2. The fraction of sp³-hybridized carbons (Fsp3) is 0.533. The third kappa shape index (κ3) is 3.35. The molecule has 1 rings (SSSR count).